The maximum absolute atomic E-state index is 12.4. The van der Waals surface area contributed by atoms with E-state index in [0.717, 1.165) is 17.1 Å². The van der Waals surface area contributed by atoms with Gasteiger partial charge in [0.2, 0.25) is 5.91 Å². The van der Waals surface area contributed by atoms with Gasteiger partial charge < -0.3 is 4.74 Å². The maximum atomic E-state index is 12.4. The molecule has 0 bridgehead atoms. The highest BCUT2D eigenvalue weighted by molar-refractivity contribution is 8.16. The number of nitrogens with zero attached hydrogens (tertiary/aromatic N) is 3. The second kappa shape index (κ2) is 7.98. The van der Waals surface area contributed by atoms with Crippen LogP contribution in [0.5, 0.6) is 5.75 Å². The lowest BCUT2D eigenvalue weighted by atomic mass is 10.3. The highest BCUT2D eigenvalue weighted by Gasteiger charge is 2.36. The Morgan fingerprint density at radius 2 is 1.76 bits per heavy atom. The van der Waals surface area contributed by atoms with E-state index in [0.29, 0.717) is 11.8 Å². The highest BCUT2D eigenvalue weighted by atomic mass is 32.2. The monoisotopic (exact) mass is 353 g/mol. The Morgan fingerprint density at radius 3 is 2.44 bits per heavy atom. The third-order valence-electron chi connectivity index (χ3n) is 3.55. The fourth-order valence-electron chi connectivity index (χ4n) is 2.28. The van der Waals surface area contributed by atoms with Gasteiger partial charge in [0.1, 0.15) is 12.4 Å². The van der Waals surface area contributed by atoms with Gasteiger partial charge in [0.15, 0.2) is 5.17 Å². The van der Waals surface area contributed by atoms with Crippen molar-refractivity contribution in [2.45, 2.75) is 19.1 Å². The zero-order valence-corrected chi connectivity index (χ0v) is 14.9. The number of benzene rings is 2. The van der Waals surface area contributed by atoms with Crippen molar-refractivity contribution in [2.24, 2.45) is 10.2 Å². The number of amidine groups is 1. The molecule has 2 aromatic carbocycles. The van der Waals surface area contributed by atoms with Gasteiger partial charge in [-0.3, -0.25) is 9.69 Å². The molecule has 128 valence electrons. The summed E-state index contributed by atoms with van der Waals surface area (Å²) in [6.07, 6.45) is 0. The van der Waals surface area contributed by atoms with Crippen LogP contribution in [0.4, 0.5) is 5.69 Å². The van der Waals surface area contributed by atoms with Crippen molar-refractivity contribution in [3.05, 3.63) is 60.7 Å². The smallest absolute Gasteiger partial charge is 0.246 e. The van der Waals surface area contributed by atoms with Crippen LogP contribution in [0.2, 0.25) is 0 Å². The molecule has 0 N–H and O–H groups in total. The van der Waals surface area contributed by atoms with Crippen molar-refractivity contribution in [1.29, 1.82) is 0 Å². The molecule has 0 radical (unpaired) electrons. The topological polar surface area (TPSA) is 54.3 Å². The first-order valence-electron chi connectivity index (χ1n) is 8.00. The molecular formula is C19H19N3O2S. The molecule has 1 atom stereocenters. The lowest BCUT2D eigenvalue weighted by Crippen LogP contribution is -2.31. The Bertz CT molecular complexity index is 791. The number of thioether (sulfide) groups is 1. The van der Waals surface area contributed by atoms with Crippen LogP contribution in [0.15, 0.2) is 70.9 Å². The molecule has 1 amide bonds. The average Bonchev–Trinajstić information content (AvgIpc) is 2.94. The summed E-state index contributed by atoms with van der Waals surface area (Å²) in [7, 11) is 0. The molecule has 1 heterocycles. The third kappa shape index (κ3) is 4.28. The van der Waals surface area contributed by atoms with Gasteiger partial charge in [0.25, 0.3) is 0 Å². The lowest BCUT2D eigenvalue weighted by Gasteiger charge is -2.15. The normalized spacial score (nSPS) is 19.5. The molecule has 0 aliphatic carbocycles. The Labute approximate surface area is 151 Å². The summed E-state index contributed by atoms with van der Waals surface area (Å²) in [5.74, 6) is 0.804. The van der Waals surface area contributed by atoms with E-state index in [4.69, 9.17) is 4.74 Å². The molecule has 5 nitrogen and oxygen atoms in total. The third-order valence-corrected chi connectivity index (χ3v) is 4.58. The molecule has 1 aliphatic rings. The average molecular weight is 353 g/mol. The van der Waals surface area contributed by atoms with E-state index in [9.17, 15) is 4.79 Å². The lowest BCUT2D eigenvalue weighted by molar-refractivity contribution is -0.116. The number of amides is 1. The molecular weight excluding hydrogens is 334 g/mol. The van der Waals surface area contributed by atoms with E-state index in [-0.39, 0.29) is 11.2 Å². The molecule has 2 aromatic rings. The first kappa shape index (κ1) is 17.2. The second-order valence-corrected chi connectivity index (χ2v) is 6.90. The van der Waals surface area contributed by atoms with Crippen LogP contribution in [0.25, 0.3) is 0 Å². The van der Waals surface area contributed by atoms with E-state index >= 15 is 0 Å². The van der Waals surface area contributed by atoms with E-state index in [1.165, 1.54) is 11.8 Å². The zero-order chi connectivity index (χ0) is 17.6. The van der Waals surface area contributed by atoms with Gasteiger partial charge in [0, 0.05) is 0 Å². The molecule has 0 aromatic heterocycles. The predicted molar refractivity (Wildman–Crippen MR) is 103 cm³/mol. The number of hydrogen-bond donors (Lipinski definition) is 0. The van der Waals surface area contributed by atoms with Gasteiger partial charge in [0.05, 0.1) is 16.6 Å². The number of rotatable bonds is 5. The largest absolute Gasteiger partial charge is 0.488 e. The summed E-state index contributed by atoms with van der Waals surface area (Å²) < 4.78 is 5.65. The van der Waals surface area contributed by atoms with Crippen LogP contribution in [0.3, 0.4) is 0 Å². The molecule has 1 saturated heterocycles. The van der Waals surface area contributed by atoms with Crippen LogP contribution in [-0.2, 0) is 4.79 Å². The van der Waals surface area contributed by atoms with Gasteiger partial charge in [-0.15, -0.1) is 5.10 Å². The molecule has 0 spiro atoms. The minimum Gasteiger partial charge on any atom is -0.488 e. The van der Waals surface area contributed by atoms with Crippen molar-refractivity contribution in [3.63, 3.8) is 0 Å². The SMILES string of the molecule is C/C(COc1ccccc1)=N\N=C1\SC(C)C(=O)N1c1ccccc1. The summed E-state index contributed by atoms with van der Waals surface area (Å²) in [5, 5.41) is 8.93. The Hall–Kier alpha value is -2.60. The van der Waals surface area contributed by atoms with Gasteiger partial charge >= 0.3 is 0 Å². The number of ether oxygens (including phenoxy) is 1. The van der Waals surface area contributed by atoms with Crippen LogP contribution in [-0.4, -0.2) is 28.6 Å². The quantitative estimate of drug-likeness (QED) is 0.604. The number of anilines is 1. The number of hydrogen-bond acceptors (Lipinski definition) is 5. The molecule has 0 saturated carbocycles. The van der Waals surface area contributed by atoms with E-state index in [1.807, 2.05) is 74.5 Å². The Morgan fingerprint density at radius 1 is 1.12 bits per heavy atom. The van der Waals surface area contributed by atoms with Gasteiger partial charge in [-0.2, -0.15) is 5.10 Å². The predicted octanol–water partition coefficient (Wildman–Crippen LogP) is 3.97. The van der Waals surface area contributed by atoms with Gasteiger partial charge in [-0.1, -0.05) is 48.2 Å². The molecule has 1 fully saturated rings. The fraction of sp³-hybridized carbons (Fsp3) is 0.211. The zero-order valence-electron chi connectivity index (χ0n) is 14.1. The molecule has 6 heteroatoms. The number of carbonyl (C=O) groups excluding carboxylic acids is 1. The van der Waals surface area contributed by atoms with E-state index in [2.05, 4.69) is 10.2 Å². The summed E-state index contributed by atoms with van der Waals surface area (Å²) in [4.78, 5) is 14.0. The first-order chi connectivity index (χ1) is 12.1. The molecule has 1 unspecified atom stereocenters. The fourth-order valence-corrected chi connectivity index (χ4v) is 3.19. The van der Waals surface area contributed by atoms with E-state index in [1.54, 1.807) is 4.90 Å². The molecule has 1 aliphatic heterocycles. The Kier molecular flexibility index (Phi) is 5.50. The Balaban J connectivity index is 1.73. The standard InChI is InChI=1S/C19H19N3O2S/c1-14(13-24-17-11-7-4-8-12-17)20-21-19-22(18(23)15(2)25-19)16-9-5-3-6-10-16/h3-12,15H,13H2,1-2H3/b20-14+,21-19+. The van der Waals surface area contributed by atoms with Crippen molar-refractivity contribution in [3.8, 4) is 5.75 Å². The molecule has 25 heavy (non-hydrogen) atoms. The van der Waals surface area contributed by atoms with Crippen LogP contribution < -0.4 is 9.64 Å². The molecule has 3 rings (SSSR count). The maximum Gasteiger partial charge on any atom is 0.246 e. The minimum atomic E-state index is -0.171. The van der Waals surface area contributed by atoms with Crippen molar-refractivity contribution >= 4 is 34.2 Å². The second-order valence-electron chi connectivity index (χ2n) is 5.59. The highest BCUT2D eigenvalue weighted by Crippen LogP contribution is 2.31. The van der Waals surface area contributed by atoms with Crippen molar-refractivity contribution in [1.82, 2.24) is 0 Å². The van der Waals surface area contributed by atoms with Gasteiger partial charge in [-0.05, 0) is 38.1 Å². The first-order valence-corrected chi connectivity index (χ1v) is 8.88. The van der Waals surface area contributed by atoms with E-state index < -0.39 is 0 Å². The minimum absolute atomic E-state index is 0.0170. The summed E-state index contributed by atoms with van der Waals surface area (Å²) in [5.41, 5.74) is 1.54. The van der Waals surface area contributed by atoms with Crippen molar-refractivity contribution in [2.75, 3.05) is 11.5 Å². The van der Waals surface area contributed by atoms with Crippen LogP contribution in [0.1, 0.15) is 13.8 Å². The summed E-state index contributed by atoms with van der Waals surface area (Å²) in [6.45, 7) is 4.07. The van der Waals surface area contributed by atoms with Gasteiger partial charge in [-0.25, -0.2) is 0 Å². The number of para-hydroxylation sites is 2. The summed E-state index contributed by atoms with van der Waals surface area (Å²) >= 11 is 1.41. The summed E-state index contributed by atoms with van der Waals surface area (Å²) in [6, 6.07) is 19.1. The van der Waals surface area contributed by atoms with Crippen LogP contribution in [0, 0.1) is 0 Å². The van der Waals surface area contributed by atoms with Crippen LogP contribution >= 0.6 is 11.8 Å². The van der Waals surface area contributed by atoms with Crippen molar-refractivity contribution < 1.29 is 9.53 Å². The number of carbonyl (C=O) groups is 1.